The fourth-order valence-corrected chi connectivity index (χ4v) is 2.35. The van der Waals surface area contributed by atoms with Gasteiger partial charge in [-0.3, -0.25) is 4.40 Å². The van der Waals surface area contributed by atoms with Gasteiger partial charge in [-0.05, 0) is 38.8 Å². The Labute approximate surface area is 121 Å². The van der Waals surface area contributed by atoms with E-state index in [9.17, 15) is 13.2 Å². The van der Waals surface area contributed by atoms with Gasteiger partial charge in [-0.25, -0.2) is 0 Å². The number of alkyl halides is 3. The Balaban J connectivity index is 1.90. The van der Waals surface area contributed by atoms with E-state index < -0.39 is 12.6 Å². The smallest absolute Gasteiger partial charge is 0.305 e. The first-order valence-corrected chi connectivity index (χ1v) is 6.99. The third kappa shape index (κ3) is 4.42. The van der Waals surface area contributed by atoms with Gasteiger partial charge in [0.15, 0.2) is 11.5 Å². The maximum atomic E-state index is 12.1. The van der Waals surface area contributed by atoms with Crippen LogP contribution in [-0.4, -0.2) is 26.8 Å². The average molecular weight is 300 g/mol. The summed E-state index contributed by atoms with van der Waals surface area (Å²) in [5.74, 6) is 0.758. The van der Waals surface area contributed by atoms with E-state index in [0.29, 0.717) is 6.42 Å². The molecule has 116 valence electrons. The minimum Gasteiger partial charge on any atom is -0.305 e. The molecule has 0 aliphatic rings. The summed E-state index contributed by atoms with van der Waals surface area (Å²) in [5.41, 5.74) is 0.755. The molecular weight excluding hydrogens is 281 g/mol. The van der Waals surface area contributed by atoms with Gasteiger partial charge in [0.25, 0.3) is 0 Å². The number of nitrogens with zero attached hydrogens (tertiary/aromatic N) is 3. The normalized spacial score (nSPS) is 15.3. The lowest BCUT2D eigenvalue weighted by atomic mass is 10.1. The SMILES string of the molecule is CC(CCCC(F)(F)F)NC(C)c1nnc2ccccn12. The second-order valence-corrected chi connectivity index (χ2v) is 5.28. The van der Waals surface area contributed by atoms with Crippen LogP contribution in [0.3, 0.4) is 0 Å². The zero-order valence-electron chi connectivity index (χ0n) is 12.1. The first-order valence-electron chi connectivity index (χ1n) is 6.99. The topological polar surface area (TPSA) is 42.2 Å². The van der Waals surface area contributed by atoms with Gasteiger partial charge in [-0.1, -0.05) is 6.07 Å². The van der Waals surface area contributed by atoms with Crippen LogP contribution in [0.2, 0.25) is 0 Å². The van der Waals surface area contributed by atoms with Crippen LogP contribution in [0.15, 0.2) is 24.4 Å². The Morgan fingerprint density at radius 3 is 2.71 bits per heavy atom. The van der Waals surface area contributed by atoms with E-state index in [-0.39, 0.29) is 18.5 Å². The standard InChI is InChI=1S/C14H19F3N4/c1-10(6-5-8-14(15,16)17)18-11(2)13-20-19-12-7-3-4-9-21(12)13/h3-4,7,9-11,18H,5-6,8H2,1-2H3. The Bertz CT molecular complexity index is 579. The van der Waals surface area contributed by atoms with Gasteiger partial charge in [0.05, 0.1) is 6.04 Å². The number of pyridine rings is 1. The van der Waals surface area contributed by atoms with Crippen molar-refractivity contribution in [2.24, 2.45) is 0 Å². The van der Waals surface area contributed by atoms with E-state index in [1.165, 1.54) is 0 Å². The maximum Gasteiger partial charge on any atom is 0.389 e. The van der Waals surface area contributed by atoms with Crippen molar-refractivity contribution >= 4 is 5.65 Å². The fraction of sp³-hybridized carbons (Fsp3) is 0.571. The minimum atomic E-state index is -4.07. The van der Waals surface area contributed by atoms with E-state index in [1.54, 1.807) is 0 Å². The largest absolute Gasteiger partial charge is 0.389 e. The molecule has 0 bridgehead atoms. The first kappa shape index (κ1) is 15.8. The van der Waals surface area contributed by atoms with Crippen molar-refractivity contribution in [1.82, 2.24) is 19.9 Å². The van der Waals surface area contributed by atoms with Crippen molar-refractivity contribution in [2.75, 3.05) is 0 Å². The fourth-order valence-electron chi connectivity index (χ4n) is 2.35. The van der Waals surface area contributed by atoms with Gasteiger partial charge in [0.2, 0.25) is 0 Å². The molecule has 0 spiro atoms. The molecule has 0 amide bonds. The minimum absolute atomic E-state index is 0.0154. The molecule has 21 heavy (non-hydrogen) atoms. The lowest BCUT2D eigenvalue weighted by Crippen LogP contribution is -2.30. The summed E-state index contributed by atoms with van der Waals surface area (Å²) in [6.45, 7) is 3.82. The zero-order valence-corrected chi connectivity index (χ0v) is 12.1. The van der Waals surface area contributed by atoms with E-state index in [0.717, 1.165) is 11.5 Å². The van der Waals surface area contributed by atoms with E-state index >= 15 is 0 Å². The number of halogens is 3. The summed E-state index contributed by atoms with van der Waals surface area (Å²) in [4.78, 5) is 0. The van der Waals surface area contributed by atoms with Gasteiger partial charge in [-0.2, -0.15) is 13.2 Å². The van der Waals surface area contributed by atoms with Crippen LogP contribution in [0.5, 0.6) is 0 Å². The molecule has 0 aliphatic heterocycles. The summed E-state index contributed by atoms with van der Waals surface area (Å²) in [7, 11) is 0. The molecule has 2 aromatic heterocycles. The number of hydrogen-bond acceptors (Lipinski definition) is 3. The van der Waals surface area contributed by atoms with Crippen LogP contribution >= 0.6 is 0 Å². The molecule has 7 heteroatoms. The molecule has 0 fully saturated rings. The third-order valence-electron chi connectivity index (χ3n) is 3.36. The van der Waals surface area contributed by atoms with Gasteiger partial charge < -0.3 is 5.32 Å². The summed E-state index contributed by atoms with van der Waals surface area (Å²) >= 11 is 0. The van der Waals surface area contributed by atoms with Gasteiger partial charge >= 0.3 is 6.18 Å². The van der Waals surface area contributed by atoms with Gasteiger partial charge in [-0.15, -0.1) is 10.2 Å². The highest BCUT2D eigenvalue weighted by molar-refractivity contribution is 5.37. The van der Waals surface area contributed by atoms with Crippen LogP contribution in [0.1, 0.15) is 45.0 Å². The number of aromatic nitrogens is 3. The Morgan fingerprint density at radius 1 is 1.24 bits per heavy atom. The van der Waals surface area contributed by atoms with E-state index in [1.807, 2.05) is 42.6 Å². The van der Waals surface area contributed by atoms with E-state index in [2.05, 4.69) is 15.5 Å². The molecule has 0 saturated heterocycles. The second kappa shape index (κ2) is 6.43. The number of rotatable bonds is 6. The van der Waals surface area contributed by atoms with Crippen molar-refractivity contribution in [1.29, 1.82) is 0 Å². The molecule has 2 rings (SSSR count). The highest BCUT2D eigenvalue weighted by atomic mass is 19.4. The lowest BCUT2D eigenvalue weighted by Gasteiger charge is -2.19. The average Bonchev–Trinajstić information content (AvgIpc) is 2.80. The molecule has 0 aromatic carbocycles. The van der Waals surface area contributed by atoms with Crippen LogP contribution in [-0.2, 0) is 0 Å². The molecule has 2 aromatic rings. The third-order valence-corrected chi connectivity index (χ3v) is 3.36. The number of fused-ring (bicyclic) bond motifs is 1. The van der Waals surface area contributed by atoms with E-state index in [4.69, 9.17) is 0 Å². The summed E-state index contributed by atoms with van der Waals surface area (Å²) in [6, 6.07) is 5.53. The zero-order chi connectivity index (χ0) is 15.5. The van der Waals surface area contributed by atoms with Crippen molar-refractivity contribution in [3.8, 4) is 0 Å². The quantitative estimate of drug-likeness (QED) is 0.888. The summed E-state index contributed by atoms with van der Waals surface area (Å²) in [5, 5.41) is 11.5. The van der Waals surface area contributed by atoms with Crippen molar-refractivity contribution in [3.05, 3.63) is 30.2 Å². The van der Waals surface area contributed by atoms with Gasteiger partial charge in [0, 0.05) is 18.7 Å². The lowest BCUT2D eigenvalue weighted by molar-refractivity contribution is -0.135. The molecule has 0 aliphatic carbocycles. The summed E-state index contributed by atoms with van der Waals surface area (Å²) in [6.07, 6.45) is -2.33. The van der Waals surface area contributed by atoms with Crippen molar-refractivity contribution < 1.29 is 13.2 Å². The monoisotopic (exact) mass is 300 g/mol. The van der Waals surface area contributed by atoms with Crippen LogP contribution < -0.4 is 5.32 Å². The molecule has 2 unspecified atom stereocenters. The molecular formula is C14H19F3N4. The highest BCUT2D eigenvalue weighted by Gasteiger charge is 2.26. The number of nitrogens with one attached hydrogen (secondary N) is 1. The molecule has 0 radical (unpaired) electrons. The van der Waals surface area contributed by atoms with Gasteiger partial charge in [0.1, 0.15) is 0 Å². The molecule has 4 nitrogen and oxygen atoms in total. The van der Waals surface area contributed by atoms with Crippen molar-refractivity contribution in [3.63, 3.8) is 0 Å². The predicted octanol–water partition coefficient (Wildman–Crippen LogP) is 3.50. The Kier molecular flexibility index (Phi) is 4.82. The van der Waals surface area contributed by atoms with Crippen LogP contribution in [0.25, 0.3) is 5.65 Å². The number of hydrogen-bond donors (Lipinski definition) is 1. The second-order valence-electron chi connectivity index (χ2n) is 5.28. The van der Waals surface area contributed by atoms with Crippen LogP contribution in [0.4, 0.5) is 13.2 Å². The first-order chi connectivity index (χ1) is 9.87. The maximum absolute atomic E-state index is 12.1. The molecule has 2 heterocycles. The Hall–Kier alpha value is -1.63. The van der Waals surface area contributed by atoms with Crippen LogP contribution in [0, 0.1) is 0 Å². The predicted molar refractivity (Wildman–Crippen MR) is 73.9 cm³/mol. The molecule has 2 atom stereocenters. The molecule has 0 saturated carbocycles. The molecule has 1 N–H and O–H groups in total. The van der Waals surface area contributed by atoms with Crippen molar-refractivity contribution in [2.45, 2.75) is 51.4 Å². The summed E-state index contributed by atoms with van der Waals surface area (Å²) < 4.78 is 38.2. The highest BCUT2D eigenvalue weighted by Crippen LogP contribution is 2.23. The Morgan fingerprint density at radius 2 is 2.00 bits per heavy atom.